The van der Waals surface area contributed by atoms with Crippen LogP contribution in [-0.4, -0.2) is 45.0 Å². The molecule has 2 aliphatic rings. The minimum Gasteiger partial charge on any atom is -0.382 e. The highest BCUT2D eigenvalue weighted by molar-refractivity contribution is 5.96. The summed E-state index contributed by atoms with van der Waals surface area (Å²) in [5.74, 6) is -1.68. The van der Waals surface area contributed by atoms with Crippen LogP contribution in [-0.2, 0) is 10.6 Å². The fraction of sp³-hybridized carbons (Fsp3) is 0.429. The second-order valence-electron chi connectivity index (χ2n) is 10.4. The molecular weight excluding hydrogens is 431 g/mol. The van der Waals surface area contributed by atoms with Gasteiger partial charge in [-0.2, -0.15) is 0 Å². The molecule has 1 amide bonds. The third-order valence-corrected chi connectivity index (χ3v) is 7.38. The first-order valence-electron chi connectivity index (χ1n) is 12.0. The standard InChI is InChI=1S/C28H31FN2O3/c1-18-16-22(26(33)30-13-8-19(9-14-30)25(32)28(34)11-12-28)4-6-23(18)20-5-7-24-21(17-20)10-15-31(24)27(2,3)29/h4-7,10,15-17,19,34H,8-9,11-14H2,1-3H3. The summed E-state index contributed by atoms with van der Waals surface area (Å²) in [6.45, 7) is 6.14. The molecule has 0 atom stereocenters. The Hall–Kier alpha value is -2.99. The number of carbonyl (C=O) groups excluding carboxylic acids is 2. The second-order valence-corrected chi connectivity index (χ2v) is 10.4. The van der Waals surface area contributed by atoms with E-state index in [4.69, 9.17) is 0 Å². The molecule has 1 aliphatic heterocycles. The molecule has 0 spiro atoms. The molecule has 0 radical (unpaired) electrons. The average Bonchev–Trinajstić information content (AvgIpc) is 3.41. The number of carbonyl (C=O) groups is 2. The first kappa shape index (κ1) is 22.8. The number of Topliss-reactive ketones (excluding diaryl/α,β-unsaturated/α-hetero) is 1. The lowest BCUT2D eigenvalue weighted by atomic mass is 9.88. The Morgan fingerprint density at radius 2 is 1.76 bits per heavy atom. The van der Waals surface area contributed by atoms with Crippen molar-refractivity contribution in [1.82, 2.24) is 9.47 Å². The Kier molecular flexibility index (Phi) is 5.40. The number of likely N-dealkylation sites (tertiary alicyclic amines) is 1. The molecule has 5 rings (SSSR count). The predicted molar refractivity (Wildman–Crippen MR) is 130 cm³/mol. The van der Waals surface area contributed by atoms with Gasteiger partial charge in [0.15, 0.2) is 11.6 Å². The van der Waals surface area contributed by atoms with Gasteiger partial charge in [0.1, 0.15) is 5.60 Å². The molecule has 3 aromatic rings. The highest BCUT2D eigenvalue weighted by Gasteiger charge is 2.50. The van der Waals surface area contributed by atoms with E-state index in [0.717, 1.165) is 27.6 Å². The molecule has 178 valence electrons. The first-order valence-corrected chi connectivity index (χ1v) is 12.0. The summed E-state index contributed by atoms with van der Waals surface area (Å²) in [6, 6.07) is 13.6. The normalized spacial score (nSPS) is 18.3. The second kappa shape index (κ2) is 8.05. The number of halogens is 1. The van der Waals surface area contributed by atoms with Gasteiger partial charge in [0.05, 0.1) is 5.52 Å². The van der Waals surface area contributed by atoms with E-state index in [-0.39, 0.29) is 17.6 Å². The molecule has 2 fully saturated rings. The number of rotatable bonds is 5. The van der Waals surface area contributed by atoms with Crippen LogP contribution in [0.25, 0.3) is 22.0 Å². The van der Waals surface area contributed by atoms with Crippen molar-refractivity contribution in [2.45, 2.75) is 57.8 Å². The van der Waals surface area contributed by atoms with E-state index < -0.39 is 11.4 Å². The number of nitrogens with zero attached hydrogens (tertiary/aromatic N) is 2. The number of amides is 1. The molecule has 0 bridgehead atoms. The highest BCUT2D eigenvalue weighted by Crippen LogP contribution is 2.40. The summed E-state index contributed by atoms with van der Waals surface area (Å²) in [7, 11) is 0. The van der Waals surface area contributed by atoms with E-state index in [1.807, 2.05) is 48.2 Å². The van der Waals surface area contributed by atoms with E-state index in [2.05, 4.69) is 6.07 Å². The number of fused-ring (bicyclic) bond motifs is 1. The molecule has 5 nitrogen and oxygen atoms in total. The molecule has 6 heteroatoms. The maximum atomic E-state index is 14.5. The summed E-state index contributed by atoms with van der Waals surface area (Å²) < 4.78 is 16.1. The monoisotopic (exact) mass is 462 g/mol. The molecule has 34 heavy (non-hydrogen) atoms. The van der Waals surface area contributed by atoms with Crippen LogP contribution in [0.2, 0.25) is 0 Å². The molecule has 1 saturated carbocycles. The van der Waals surface area contributed by atoms with Crippen LogP contribution in [0, 0.1) is 12.8 Å². The lowest BCUT2D eigenvalue weighted by Crippen LogP contribution is -2.42. The van der Waals surface area contributed by atoms with Crippen molar-refractivity contribution in [3.8, 4) is 11.1 Å². The van der Waals surface area contributed by atoms with E-state index in [1.54, 1.807) is 10.8 Å². The Balaban J connectivity index is 1.31. The summed E-state index contributed by atoms with van der Waals surface area (Å²) in [6.07, 6.45) is 4.13. The maximum absolute atomic E-state index is 14.5. The molecule has 1 N–H and O–H groups in total. The van der Waals surface area contributed by atoms with E-state index in [9.17, 15) is 19.1 Å². The van der Waals surface area contributed by atoms with Crippen LogP contribution >= 0.6 is 0 Å². The maximum Gasteiger partial charge on any atom is 0.253 e. The van der Waals surface area contributed by atoms with Gasteiger partial charge in [0.25, 0.3) is 5.91 Å². The SMILES string of the molecule is Cc1cc(C(=O)N2CCC(C(=O)C3(O)CC3)CC2)ccc1-c1ccc2c(ccn2C(C)(C)F)c1. The summed E-state index contributed by atoms with van der Waals surface area (Å²) in [5, 5.41) is 11.1. The van der Waals surface area contributed by atoms with Gasteiger partial charge in [-0.3, -0.25) is 9.59 Å². The van der Waals surface area contributed by atoms with Crippen molar-refractivity contribution in [2.75, 3.05) is 13.1 Å². The minimum atomic E-state index is -1.47. The Bertz CT molecular complexity index is 1270. The summed E-state index contributed by atoms with van der Waals surface area (Å²) >= 11 is 0. The number of aliphatic hydroxyl groups is 1. The van der Waals surface area contributed by atoms with Gasteiger partial charge in [-0.25, -0.2) is 4.39 Å². The largest absolute Gasteiger partial charge is 0.382 e. The number of hydrogen-bond acceptors (Lipinski definition) is 3. The molecule has 2 aromatic carbocycles. The average molecular weight is 463 g/mol. The third-order valence-electron chi connectivity index (χ3n) is 7.38. The van der Waals surface area contributed by atoms with Crippen LogP contribution in [0.15, 0.2) is 48.7 Å². The van der Waals surface area contributed by atoms with Crippen LogP contribution in [0.3, 0.4) is 0 Å². The topological polar surface area (TPSA) is 62.5 Å². The van der Waals surface area contributed by atoms with Crippen molar-refractivity contribution in [1.29, 1.82) is 0 Å². The number of alkyl halides is 1. The van der Waals surface area contributed by atoms with Gasteiger partial charge in [-0.1, -0.05) is 12.1 Å². The molecule has 2 heterocycles. The van der Waals surface area contributed by atoms with E-state index in [1.165, 1.54) is 13.8 Å². The van der Waals surface area contributed by atoms with Crippen molar-refractivity contribution >= 4 is 22.6 Å². The number of aromatic nitrogens is 1. The van der Waals surface area contributed by atoms with Crippen LogP contribution in [0.1, 0.15) is 55.5 Å². The number of piperidine rings is 1. The van der Waals surface area contributed by atoms with E-state index >= 15 is 0 Å². The van der Waals surface area contributed by atoms with Crippen LogP contribution in [0.5, 0.6) is 0 Å². The van der Waals surface area contributed by atoms with Gasteiger partial charge in [-0.15, -0.1) is 0 Å². The van der Waals surface area contributed by atoms with Gasteiger partial charge in [0, 0.05) is 36.2 Å². The third kappa shape index (κ3) is 4.05. The number of aryl methyl sites for hydroxylation is 1. The fourth-order valence-electron chi connectivity index (χ4n) is 5.17. The van der Waals surface area contributed by atoms with Gasteiger partial charge in [0.2, 0.25) is 0 Å². The summed E-state index contributed by atoms with van der Waals surface area (Å²) in [5.41, 5.74) is 3.45. The zero-order chi connectivity index (χ0) is 24.3. The Labute approximate surface area is 199 Å². The molecular formula is C28H31FN2O3. The minimum absolute atomic E-state index is 0.0246. The van der Waals surface area contributed by atoms with Crippen molar-refractivity contribution in [3.63, 3.8) is 0 Å². The number of hydrogen-bond donors (Lipinski definition) is 1. The quantitative estimate of drug-likeness (QED) is 0.565. The molecule has 1 saturated heterocycles. The van der Waals surface area contributed by atoms with Gasteiger partial charge >= 0.3 is 0 Å². The Morgan fingerprint density at radius 3 is 2.38 bits per heavy atom. The summed E-state index contributed by atoms with van der Waals surface area (Å²) in [4.78, 5) is 27.3. The molecule has 1 aliphatic carbocycles. The zero-order valence-corrected chi connectivity index (χ0v) is 20.0. The Morgan fingerprint density at radius 1 is 1.06 bits per heavy atom. The molecule has 1 aromatic heterocycles. The van der Waals surface area contributed by atoms with Crippen molar-refractivity contribution in [2.24, 2.45) is 5.92 Å². The first-order chi connectivity index (χ1) is 16.1. The highest BCUT2D eigenvalue weighted by atomic mass is 19.1. The van der Waals surface area contributed by atoms with Crippen LogP contribution < -0.4 is 0 Å². The lowest BCUT2D eigenvalue weighted by molar-refractivity contribution is -0.134. The number of benzene rings is 2. The molecule has 0 unspecified atom stereocenters. The van der Waals surface area contributed by atoms with Crippen molar-refractivity contribution < 1.29 is 19.1 Å². The zero-order valence-electron chi connectivity index (χ0n) is 20.0. The number of ketones is 1. The van der Waals surface area contributed by atoms with E-state index in [0.29, 0.717) is 44.3 Å². The van der Waals surface area contributed by atoms with Gasteiger partial charge < -0.3 is 14.6 Å². The van der Waals surface area contributed by atoms with Crippen molar-refractivity contribution in [3.05, 3.63) is 59.8 Å². The smallest absolute Gasteiger partial charge is 0.253 e. The predicted octanol–water partition coefficient (Wildman–Crippen LogP) is 5.23. The fourth-order valence-corrected chi connectivity index (χ4v) is 5.17. The van der Waals surface area contributed by atoms with Crippen LogP contribution in [0.4, 0.5) is 4.39 Å². The van der Waals surface area contributed by atoms with Gasteiger partial charge in [-0.05, 0) is 93.5 Å². The lowest BCUT2D eigenvalue weighted by Gasteiger charge is -2.32.